The number of rotatable bonds is 6. The monoisotopic (exact) mass is 307 g/mol. The van der Waals surface area contributed by atoms with Crippen molar-refractivity contribution in [2.24, 2.45) is 5.92 Å². The van der Waals surface area contributed by atoms with Gasteiger partial charge in [-0.3, -0.25) is 4.79 Å². The van der Waals surface area contributed by atoms with Gasteiger partial charge in [0.25, 0.3) is 5.91 Å². The average Bonchev–Trinajstić information content (AvgIpc) is 2.53. The highest BCUT2D eigenvalue weighted by Gasteiger charge is 2.21. The van der Waals surface area contributed by atoms with Crippen LogP contribution in [0.25, 0.3) is 0 Å². The highest BCUT2D eigenvalue weighted by Crippen LogP contribution is 2.26. The molecule has 2 atom stereocenters. The van der Waals surface area contributed by atoms with Crippen molar-refractivity contribution in [3.63, 3.8) is 0 Å². The molecule has 0 radical (unpaired) electrons. The topological polar surface area (TPSA) is 67.8 Å². The summed E-state index contributed by atoms with van der Waals surface area (Å²) in [4.78, 5) is 12.1. The molecule has 2 unspecified atom stereocenters. The number of carbonyl (C=O) groups excluding carboxylic acids is 1. The molecule has 2 rings (SSSR count). The first-order chi connectivity index (χ1) is 10.6. The van der Waals surface area contributed by atoms with Gasteiger partial charge in [-0.15, -0.1) is 0 Å². The Labute approximate surface area is 131 Å². The van der Waals surface area contributed by atoms with E-state index >= 15 is 0 Å². The molecule has 0 aromatic heterocycles. The van der Waals surface area contributed by atoms with Crippen LogP contribution in [0.5, 0.6) is 11.5 Å². The Bertz CT molecular complexity index is 503. The Morgan fingerprint density at radius 2 is 2.14 bits per heavy atom. The summed E-state index contributed by atoms with van der Waals surface area (Å²) in [5.41, 5.74) is 0.213. The fraction of sp³-hybridized carbons (Fsp3) is 0.588. The van der Waals surface area contributed by atoms with Gasteiger partial charge in [-0.25, -0.2) is 0 Å². The minimum atomic E-state index is -0.323. The van der Waals surface area contributed by atoms with Crippen LogP contribution < -0.4 is 10.1 Å². The fourth-order valence-corrected chi connectivity index (χ4v) is 2.82. The predicted molar refractivity (Wildman–Crippen MR) is 84.4 cm³/mol. The van der Waals surface area contributed by atoms with Gasteiger partial charge in [0, 0.05) is 6.54 Å². The predicted octanol–water partition coefficient (Wildman–Crippen LogP) is 2.73. The Kier molecular flexibility index (Phi) is 6.07. The van der Waals surface area contributed by atoms with E-state index in [4.69, 9.17) is 9.47 Å². The number of carbonyl (C=O) groups is 1. The standard InChI is InChI=1S/C17H25NO4/c1-12-5-3-4-6-16(12)22-10-9-18-17(20)14-11-13(21-2)7-8-15(14)19/h7-8,11-12,16,19H,3-6,9-10H2,1-2H3,(H,18,20). The SMILES string of the molecule is COc1ccc(O)c(C(=O)NCCOC2CCCCC2C)c1. The molecule has 1 aromatic carbocycles. The van der Waals surface area contributed by atoms with Gasteiger partial charge in [-0.2, -0.15) is 0 Å². The van der Waals surface area contributed by atoms with E-state index in [0.29, 0.717) is 30.9 Å². The fourth-order valence-electron chi connectivity index (χ4n) is 2.82. The molecule has 0 heterocycles. The summed E-state index contributed by atoms with van der Waals surface area (Å²) in [6, 6.07) is 4.59. The van der Waals surface area contributed by atoms with Gasteiger partial charge in [0.2, 0.25) is 0 Å². The lowest BCUT2D eigenvalue weighted by atomic mass is 9.88. The van der Waals surface area contributed by atoms with E-state index in [1.807, 2.05) is 0 Å². The number of amides is 1. The summed E-state index contributed by atoms with van der Waals surface area (Å²) in [5.74, 6) is 0.749. The normalized spacial score (nSPS) is 21.4. The van der Waals surface area contributed by atoms with Gasteiger partial charge in [0.15, 0.2) is 0 Å². The van der Waals surface area contributed by atoms with Crippen LogP contribution in [0, 0.1) is 5.92 Å². The first-order valence-corrected chi connectivity index (χ1v) is 7.88. The maximum atomic E-state index is 12.1. The molecule has 0 bridgehead atoms. The molecule has 1 amide bonds. The number of nitrogens with one attached hydrogen (secondary N) is 1. The molecular formula is C17H25NO4. The second-order valence-electron chi connectivity index (χ2n) is 5.81. The number of methoxy groups -OCH3 is 1. The summed E-state index contributed by atoms with van der Waals surface area (Å²) < 4.78 is 10.9. The lowest BCUT2D eigenvalue weighted by Gasteiger charge is -2.28. The summed E-state index contributed by atoms with van der Waals surface area (Å²) >= 11 is 0. The molecule has 5 nitrogen and oxygen atoms in total. The molecule has 1 aliphatic carbocycles. The zero-order chi connectivity index (χ0) is 15.9. The van der Waals surface area contributed by atoms with E-state index in [2.05, 4.69) is 12.2 Å². The van der Waals surface area contributed by atoms with Crippen molar-refractivity contribution in [1.82, 2.24) is 5.32 Å². The molecule has 1 saturated carbocycles. The Morgan fingerprint density at radius 3 is 2.86 bits per heavy atom. The van der Waals surface area contributed by atoms with Crippen LogP contribution in [0.4, 0.5) is 0 Å². The Balaban J connectivity index is 1.78. The van der Waals surface area contributed by atoms with Crippen molar-refractivity contribution in [1.29, 1.82) is 0 Å². The van der Waals surface area contributed by atoms with Gasteiger partial charge in [-0.1, -0.05) is 19.8 Å². The van der Waals surface area contributed by atoms with Gasteiger partial charge < -0.3 is 19.9 Å². The molecule has 22 heavy (non-hydrogen) atoms. The van der Waals surface area contributed by atoms with E-state index in [9.17, 15) is 9.90 Å². The molecule has 0 saturated heterocycles. The zero-order valence-corrected chi connectivity index (χ0v) is 13.3. The average molecular weight is 307 g/mol. The molecule has 2 N–H and O–H groups in total. The van der Waals surface area contributed by atoms with Crippen molar-refractivity contribution >= 4 is 5.91 Å². The van der Waals surface area contributed by atoms with E-state index < -0.39 is 0 Å². The summed E-state index contributed by atoms with van der Waals surface area (Å²) in [6.07, 6.45) is 5.13. The third kappa shape index (κ3) is 4.37. The molecule has 122 valence electrons. The maximum absolute atomic E-state index is 12.1. The van der Waals surface area contributed by atoms with Gasteiger partial charge in [0.05, 0.1) is 25.4 Å². The third-order valence-electron chi connectivity index (χ3n) is 4.20. The van der Waals surface area contributed by atoms with Gasteiger partial charge in [0.1, 0.15) is 11.5 Å². The highest BCUT2D eigenvalue weighted by atomic mass is 16.5. The molecule has 1 fully saturated rings. The minimum absolute atomic E-state index is 0.0554. The second kappa shape index (κ2) is 8.03. The van der Waals surface area contributed by atoms with E-state index in [1.54, 1.807) is 6.07 Å². The minimum Gasteiger partial charge on any atom is -0.507 e. The van der Waals surface area contributed by atoms with Crippen molar-refractivity contribution in [2.45, 2.75) is 38.7 Å². The van der Waals surface area contributed by atoms with Crippen molar-refractivity contribution in [3.05, 3.63) is 23.8 Å². The van der Waals surface area contributed by atoms with Gasteiger partial charge >= 0.3 is 0 Å². The first kappa shape index (κ1) is 16.6. The number of hydrogen-bond acceptors (Lipinski definition) is 4. The number of benzene rings is 1. The second-order valence-corrected chi connectivity index (χ2v) is 5.81. The van der Waals surface area contributed by atoms with E-state index in [1.165, 1.54) is 38.5 Å². The molecule has 1 aliphatic rings. The smallest absolute Gasteiger partial charge is 0.255 e. The summed E-state index contributed by atoms with van der Waals surface area (Å²) in [5, 5.41) is 12.5. The molecule has 0 aliphatic heterocycles. The quantitative estimate of drug-likeness (QED) is 0.793. The van der Waals surface area contributed by atoms with Crippen molar-refractivity contribution < 1.29 is 19.4 Å². The Hall–Kier alpha value is -1.75. The van der Waals surface area contributed by atoms with Crippen LogP contribution in [0.15, 0.2) is 18.2 Å². The largest absolute Gasteiger partial charge is 0.507 e. The molecule has 1 aromatic rings. The number of hydrogen-bond donors (Lipinski definition) is 2. The van der Waals surface area contributed by atoms with Crippen LogP contribution in [0.3, 0.4) is 0 Å². The molecular weight excluding hydrogens is 282 g/mol. The molecule has 0 spiro atoms. The summed E-state index contributed by atoms with van der Waals surface area (Å²) in [7, 11) is 1.52. The molecule has 5 heteroatoms. The van der Waals surface area contributed by atoms with Crippen molar-refractivity contribution in [2.75, 3.05) is 20.3 Å². The van der Waals surface area contributed by atoms with E-state index in [-0.39, 0.29) is 17.2 Å². The zero-order valence-electron chi connectivity index (χ0n) is 13.3. The number of aromatic hydroxyl groups is 1. The lowest BCUT2D eigenvalue weighted by molar-refractivity contribution is -0.00294. The number of phenolic OH excluding ortho intramolecular Hbond substituents is 1. The van der Waals surface area contributed by atoms with E-state index in [0.717, 1.165) is 6.42 Å². The lowest BCUT2D eigenvalue weighted by Crippen LogP contribution is -2.31. The number of ether oxygens (including phenoxy) is 2. The highest BCUT2D eigenvalue weighted by molar-refractivity contribution is 5.97. The van der Waals surface area contributed by atoms with Gasteiger partial charge in [-0.05, 0) is 37.0 Å². The number of phenols is 1. The van der Waals surface area contributed by atoms with Crippen LogP contribution >= 0.6 is 0 Å². The third-order valence-corrected chi connectivity index (χ3v) is 4.20. The van der Waals surface area contributed by atoms with Crippen LogP contribution in [-0.2, 0) is 4.74 Å². The Morgan fingerprint density at radius 1 is 1.36 bits per heavy atom. The first-order valence-electron chi connectivity index (χ1n) is 7.88. The van der Waals surface area contributed by atoms with Crippen LogP contribution in [0.1, 0.15) is 43.0 Å². The maximum Gasteiger partial charge on any atom is 0.255 e. The van der Waals surface area contributed by atoms with Crippen LogP contribution in [0.2, 0.25) is 0 Å². The summed E-state index contributed by atoms with van der Waals surface area (Å²) in [6.45, 7) is 3.14. The van der Waals surface area contributed by atoms with Crippen LogP contribution in [-0.4, -0.2) is 37.4 Å². The van der Waals surface area contributed by atoms with Crippen molar-refractivity contribution in [3.8, 4) is 11.5 Å².